The van der Waals surface area contributed by atoms with Crippen molar-refractivity contribution in [2.24, 2.45) is 0 Å². The fourth-order valence-corrected chi connectivity index (χ4v) is 1.21. The van der Waals surface area contributed by atoms with Crippen LogP contribution in [-0.2, 0) is 19.4 Å². The van der Waals surface area contributed by atoms with Crippen molar-refractivity contribution >= 4 is 16.3 Å². The highest BCUT2D eigenvalue weighted by Crippen LogP contribution is 1.93. The number of rotatable bonds is 7. The molecule has 0 aliphatic heterocycles. The maximum Gasteiger partial charge on any atom is 0.246 e. The van der Waals surface area contributed by atoms with Crippen LogP contribution in [0.1, 0.15) is 20.8 Å². The second-order valence-electron chi connectivity index (χ2n) is 4.83. The second kappa shape index (κ2) is 9.87. The van der Waals surface area contributed by atoms with Crippen LogP contribution < -0.4 is 5.32 Å². The molecule has 0 unspecified atom stereocenters. The van der Waals surface area contributed by atoms with Crippen LogP contribution >= 0.6 is 0 Å². The lowest BCUT2D eigenvalue weighted by molar-refractivity contribution is -0.887. The lowest BCUT2D eigenvalue weighted by atomic mass is 10.3. The average Bonchev–Trinajstić information content (AvgIpc) is 2.27. The summed E-state index contributed by atoms with van der Waals surface area (Å²) in [5.41, 5.74) is 0.571. The fourth-order valence-electron chi connectivity index (χ4n) is 0.925. The third kappa shape index (κ3) is 15.1. The van der Waals surface area contributed by atoms with E-state index < -0.39 is 10.4 Å². The maximum atomic E-state index is 11.1. The van der Waals surface area contributed by atoms with Crippen LogP contribution in [0.5, 0.6) is 0 Å². The largest absolute Gasteiger partial charge is 0.726 e. The summed E-state index contributed by atoms with van der Waals surface area (Å²) in [6.45, 7) is 11.5. The van der Waals surface area contributed by atoms with E-state index in [-0.39, 0.29) is 12.5 Å². The number of amides is 1. The monoisotopic (exact) mass is 310 g/mol. The Kier molecular flexibility index (Phi) is 10.5. The minimum absolute atomic E-state index is 0.0453. The van der Waals surface area contributed by atoms with Crippen molar-refractivity contribution in [2.45, 2.75) is 20.8 Å². The van der Waals surface area contributed by atoms with Crippen LogP contribution in [-0.4, -0.2) is 63.7 Å². The van der Waals surface area contributed by atoms with Gasteiger partial charge in [-0.15, -0.1) is 0 Å². The summed E-state index contributed by atoms with van der Waals surface area (Å²) in [7, 11) is -0.133. The van der Waals surface area contributed by atoms with E-state index in [4.69, 9.17) is 0 Å². The molecule has 120 valence electrons. The molecule has 1 amide bonds. The third-order valence-corrected chi connectivity index (χ3v) is 3.03. The number of hydrogen-bond acceptors (Lipinski definition) is 5. The van der Waals surface area contributed by atoms with Crippen molar-refractivity contribution in [2.75, 3.05) is 40.3 Å². The van der Waals surface area contributed by atoms with Gasteiger partial charge in [0, 0.05) is 5.57 Å². The van der Waals surface area contributed by atoms with Gasteiger partial charge in [0.15, 0.2) is 0 Å². The molecule has 0 aromatic heterocycles. The molecule has 8 heteroatoms. The molecule has 0 saturated carbocycles. The molecular weight excluding hydrogens is 284 g/mol. The van der Waals surface area contributed by atoms with E-state index in [2.05, 4.69) is 37.1 Å². The van der Waals surface area contributed by atoms with E-state index >= 15 is 0 Å². The van der Waals surface area contributed by atoms with Gasteiger partial charge in [0.2, 0.25) is 16.3 Å². The normalized spacial score (nSPS) is 11.3. The van der Waals surface area contributed by atoms with E-state index in [1.54, 1.807) is 6.92 Å². The summed E-state index contributed by atoms with van der Waals surface area (Å²) in [6.07, 6.45) is 0. The van der Waals surface area contributed by atoms with Crippen LogP contribution in [0.2, 0.25) is 0 Å². The van der Waals surface area contributed by atoms with Crippen molar-refractivity contribution in [3.05, 3.63) is 12.2 Å². The standard InChI is InChI=1S/C10H20N2O.C2H6O4S/c1-6-12(4,5)8-7-11-10(13)9(2)3;1-2-6-7(3,4)5/h2,6-8H2,1,3-5H3;2H2,1H3,(H,3,4,5). The molecule has 0 bridgehead atoms. The number of hydrogen-bond donors (Lipinski definition) is 1. The number of likely N-dealkylation sites (N-methyl/N-ethyl adjacent to an activating group) is 1. The number of quaternary nitrogens is 1. The summed E-state index contributed by atoms with van der Waals surface area (Å²) in [5.74, 6) is -0.0453. The second-order valence-corrected chi connectivity index (χ2v) is 5.88. The molecule has 0 fully saturated rings. The lowest BCUT2D eigenvalue weighted by Gasteiger charge is -2.28. The molecule has 20 heavy (non-hydrogen) atoms. The predicted octanol–water partition coefficient (Wildman–Crippen LogP) is 0.258. The number of carbonyl (C=O) groups is 1. The summed E-state index contributed by atoms with van der Waals surface area (Å²) >= 11 is 0. The van der Waals surface area contributed by atoms with E-state index in [9.17, 15) is 17.8 Å². The average molecular weight is 310 g/mol. The zero-order chi connectivity index (χ0) is 16.4. The Morgan fingerprint density at radius 2 is 1.85 bits per heavy atom. The Labute approximate surface area is 122 Å². The lowest BCUT2D eigenvalue weighted by Crippen LogP contribution is -2.45. The van der Waals surface area contributed by atoms with E-state index in [0.717, 1.165) is 17.6 Å². The van der Waals surface area contributed by atoms with Gasteiger partial charge in [-0.2, -0.15) is 0 Å². The van der Waals surface area contributed by atoms with Gasteiger partial charge in [0.25, 0.3) is 0 Å². The quantitative estimate of drug-likeness (QED) is 0.315. The molecule has 0 atom stereocenters. The number of nitrogens with one attached hydrogen (secondary N) is 1. The van der Waals surface area contributed by atoms with Gasteiger partial charge in [0.05, 0.1) is 40.3 Å². The molecular formula is C12H26N2O5S. The van der Waals surface area contributed by atoms with Crippen LogP contribution in [0.25, 0.3) is 0 Å². The Balaban J connectivity index is 0. The Hall–Kier alpha value is -0.960. The number of carbonyl (C=O) groups excluding carboxylic acids is 1. The van der Waals surface area contributed by atoms with Gasteiger partial charge in [-0.05, 0) is 20.8 Å². The van der Waals surface area contributed by atoms with Crippen molar-refractivity contribution in [3.8, 4) is 0 Å². The molecule has 0 radical (unpaired) electrons. The van der Waals surface area contributed by atoms with Gasteiger partial charge in [0.1, 0.15) is 0 Å². The molecule has 0 aliphatic carbocycles. The van der Waals surface area contributed by atoms with Crippen molar-refractivity contribution in [1.29, 1.82) is 0 Å². The van der Waals surface area contributed by atoms with E-state index in [0.29, 0.717) is 12.1 Å². The minimum atomic E-state index is -4.42. The van der Waals surface area contributed by atoms with Gasteiger partial charge < -0.3 is 14.4 Å². The first-order valence-corrected chi connectivity index (χ1v) is 7.64. The summed E-state index contributed by atoms with van der Waals surface area (Å²) in [6, 6.07) is 0. The van der Waals surface area contributed by atoms with Gasteiger partial charge in [-0.1, -0.05) is 6.58 Å². The number of nitrogens with zero attached hydrogens (tertiary/aromatic N) is 1. The SMILES string of the molecule is C=C(C)C(=O)NCC[N+](C)(C)CC.CCOS(=O)(=O)[O-]. The van der Waals surface area contributed by atoms with Crippen LogP contribution in [0.4, 0.5) is 0 Å². The Morgan fingerprint density at radius 1 is 1.35 bits per heavy atom. The molecule has 7 nitrogen and oxygen atoms in total. The topological polar surface area (TPSA) is 95.5 Å². The highest BCUT2D eigenvalue weighted by molar-refractivity contribution is 7.80. The van der Waals surface area contributed by atoms with Crippen LogP contribution in [0.15, 0.2) is 12.2 Å². The minimum Gasteiger partial charge on any atom is -0.726 e. The maximum absolute atomic E-state index is 11.1. The molecule has 0 heterocycles. The highest BCUT2D eigenvalue weighted by atomic mass is 32.3. The summed E-state index contributed by atoms with van der Waals surface area (Å²) < 4.78 is 32.9. The van der Waals surface area contributed by atoms with Crippen molar-refractivity contribution in [3.63, 3.8) is 0 Å². The van der Waals surface area contributed by atoms with Crippen molar-refractivity contribution in [1.82, 2.24) is 5.32 Å². The summed E-state index contributed by atoms with van der Waals surface area (Å²) in [4.78, 5) is 11.1. The predicted molar refractivity (Wildman–Crippen MR) is 76.7 cm³/mol. The molecule has 0 aromatic carbocycles. The van der Waals surface area contributed by atoms with E-state index in [1.807, 2.05) is 0 Å². The zero-order valence-electron chi connectivity index (χ0n) is 12.9. The summed E-state index contributed by atoms with van der Waals surface area (Å²) in [5, 5.41) is 2.82. The Morgan fingerprint density at radius 3 is 2.10 bits per heavy atom. The van der Waals surface area contributed by atoms with Gasteiger partial charge in [-0.25, -0.2) is 8.42 Å². The molecule has 0 rings (SSSR count). The zero-order valence-corrected chi connectivity index (χ0v) is 13.7. The first kappa shape index (κ1) is 21.3. The van der Waals surface area contributed by atoms with Gasteiger partial charge >= 0.3 is 0 Å². The smallest absolute Gasteiger partial charge is 0.246 e. The molecule has 0 saturated heterocycles. The fraction of sp³-hybridized carbons (Fsp3) is 0.750. The first-order chi connectivity index (χ1) is 8.95. The van der Waals surface area contributed by atoms with Crippen LogP contribution in [0.3, 0.4) is 0 Å². The third-order valence-electron chi connectivity index (χ3n) is 2.51. The molecule has 1 N–H and O–H groups in total. The van der Waals surface area contributed by atoms with Crippen LogP contribution in [0, 0.1) is 0 Å². The highest BCUT2D eigenvalue weighted by Gasteiger charge is 2.11. The Bertz CT molecular complexity index is 404. The molecule has 0 aromatic rings. The molecule has 0 spiro atoms. The van der Waals surface area contributed by atoms with Gasteiger partial charge in [-0.3, -0.25) is 8.98 Å². The first-order valence-electron chi connectivity index (χ1n) is 6.31. The molecule has 0 aliphatic rings. The van der Waals surface area contributed by atoms with E-state index in [1.165, 1.54) is 6.92 Å². The van der Waals surface area contributed by atoms with Crippen molar-refractivity contribution < 1.29 is 26.4 Å².